The fraction of sp³-hybridized carbons (Fsp3) is 0.412. The van der Waals surface area contributed by atoms with Gasteiger partial charge in [0.05, 0.1) is 9.01 Å². The lowest BCUT2D eigenvalue weighted by Gasteiger charge is -2.35. The van der Waals surface area contributed by atoms with Gasteiger partial charge in [-0.05, 0) is 37.5 Å². The number of rotatable bonds is 5. The Balaban J connectivity index is 2.24. The highest BCUT2D eigenvalue weighted by Crippen LogP contribution is 2.41. The van der Waals surface area contributed by atoms with E-state index in [1.165, 1.54) is 24.3 Å². The first kappa shape index (κ1) is 17.4. The average Bonchev–Trinajstić information content (AvgIpc) is 3.00. The van der Waals surface area contributed by atoms with Crippen molar-refractivity contribution in [3.63, 3.8) is 0 Å². The first-order valence-corrected chi connectivity index (χ1v) is 11.8. The van der Waals surface area contributed by atoms with E-state index in [-0.39, 0.29) is 22.6 Å². The number of alkyl halides is 2. The standard InChI is InChI=1S/C17H18ClF2NO5S2/c1-11-3-5-12(6-4-11)28(24,25)21-10-15(27(18,22)23)13-7-8-17(26-2,16(19)20)9-14(13)21/h3-6,10,16H,7-9H2,1-2H3/t17-/m0/s1/i2D3. The van der Waals surface area contributed by atoms with E-state index in [0.717, 1.165) is 11.8 Å². The van der Waals surface area contributed by atoms with Gasteiger partial charge in [0, 0.05) is 36.0 Å². The van der Waals surface area contributed by atoms with E-state index in [4.69, 9.17) is 19.5 Å². The summed E-state index contributed by atoms with van der Waals surface area (Å²) in [6, 6.07) is 5.61. The lowest BCUT2D eigenvalue weighted by atomic mass is 9.84. The van der Waals surface area contributed by atoms with E-state index in [1.54, 1.807) is 6.92 Å². The van der Waals surface area contributed by atoms with Crippen LogP contribution in [-0.2, 0) is 36.7 Å². The molecule has 154 valence electrons. The maximum atomic E-state index is 14.0. The van der Waals surface area contributed by atoms with Crippen LogP contribution >= 0.6 is 10.7 Å². The fourth-order valence-corrected chi connectivity index (χ4v) is 5.89. The molecule has 0 aliphatic heterocycles. The van der Waals surface area contributed by atoms with Gasteiger partial charge in [0.25, 0.3) is 25.5 Å². The van der Waals surface area contributed by atoms with Crippen LogP contribution in [-0.4, -0.2) is 39.9 Å². The predicted octanol–water partition coefficient (Wildman–Crippen LogP) is 3.10. The second kappa shape index (κ2) is 7.08. The van der Waals surface area contributed by atoms with Gasteiger partial charge < -0.3 is 4.74 Å². The monoisotopic (exact) mass is 456 g/mol. The zero-order chi connectivity index (χ0) is 23.4. The van der Waals surface area contributed by atoms with E-state index in [0.29, 0.717) is 3.97 Å². The molecule has 0 bridgehead atoms. The van der Waals surface area contributed by atoms with Crippen molar-refractivity contribution in [2.75, 3.05) is 7.04 Å². The highest BCUT2D eigenvalue weighted by molar-refractivity contribution is 8.13. The minimum atomic E-state index is -4.42. The molecule has 6 nitrogen and oxygen atoms in total. The van der Waals surface area contributed by atoms with Crippen molar-refractivity contribution in [1.29, 1.82) is 0 Å². The van der Waals surface area contributed by atoms with E-state index in [1.807, 2.05) is 0 Å². The SMILES string of the molecule is [2H]C([2H])([2H])O[C@@]1(C(F)F)CCc2c(S(=O)(=O)Cl)cn(S(=O)(=O)c3ccc(C)cc3)c2C1. The van der Waals surface area contributed by atoms with Gasteiger partial charge in [-0.3, -0.25) is 0 Å². The zero-order valence-electron chi connectivity index (χ0n) is 17.5. The number of halogens is 3. The minimum absolute atomic E-state index is 0.0592. The Labute approximate surface area is 170 Å². The van der Waals surface area contributed by atoms with E-state index in [9.17, 15) is 25.6 Å². The normalized spacial score (nSPS) is 22.4. The smallest absolute Gasteiger partial charge is 0.267 e. The van der Waals surface area contributed by atoms with Crippen molar-refractivity contribution in [2.24, 2.45) is 0 Å². The van der Waals surface area contributed by atoms with Crippen molar-refractivity contribution in [3.05, 3.63) is 47.3 Å². The highest BCUT2D eigenvalue weighted by Gasteiger charge is 2.46. The molecule has 0 amide bonds. The Morgan fingerprint density at radius 1 is 1.25 bits per heavy atom. The molecule has 28 heavy (non-hydrogen) atoms. The number of aromatic nitrogens is 1. The zero-order valence-corrected chi connectivity index (χ0v) is 16.9. The molecule has 1 aliphatic rings. The number of ether oxygens (including phenoxy) is 1. The molecule has 0 saturated carbocycles. The van der Waals surface area contributed by atoms with Crippen LogP contribution in [0.4, 0.5) is 8.78 Å². The van der Waals surface area contributed by atoms with Crippen molar-refractivity contribution in [2.45, 2.75) is 48.0 Å². The van der Waals surface area contributed by atoms with E-state index >= 15 is 0 Å². The molecule has 1 heterocycles. The molecule has 0 radical (unpaired) electrons. The average molecular weight is 457 g/mol. The number of aryl methyl sites for hydroxylation is 1. The van der Waals surface area contributed by atoms with Gasteiger partial charge in [-0.2, -0.15) is 0 Å². The molecule has 11 heteroatoms. The minimum Gasteiger partial charge on any atom is -0.372 e. The number of fused-ring (bicyclic) bond motifs is 1. The van der Waals surface area contributed by atoms with Gasteiger partial charge in [-0.15, -0.1) is 0 Å². The van der Waals surface area contributed by atoms with Crippen LogP contribution in [0.3, 0.4) is 0 Å². The van der Waals surface area contributed by atoms with Crippen molar-refractivity contribution in [3.8, 4) is 0 Å². The molecule has 0 spiro atoms. The van der Waals surface area contributed by atoms with E-state index in [2.05, 4.69) is 0 Å². The van der Waals surface area contributed by atoms with Gasteiger partial charge in [-0.25, -0.2) is 29.6 Å². The van der Waals surface area contributed by atoms with Crippen LogP contribution < -0.4 is 0 Å². The lowest BCUT2D eigenvalue weighted by molar-refractivity contribution is -0.128. The molecule has 1 aromatic carbocycles. The summed E-state index contributed by atoms with van der Waals surface area (Å²) in [4.78, 5) is -0.740. The summed E-state index contributed by atoms with van der Waals surface area (Å²) in [7, 11) is -6.54. The largest absolute Gasteiger partial charge is 0.372 e. The molecule has 0 saturated heterocycles. The van der Waals surface area contributed by atoms with E-state index < -0.39 is 55.9 Å². The highest BCUT2D eigenvalue weighted by atomic mass is 35.7. The maximum absolute atomic E-state index is 14.0. The van der Waals surface area contributed by atoms with Crippen LogP contribution in [0.1, 0.15) is 27.4 Å². The molecule has 1 aliphatic carbocycles. The quantitative estimate of drug-likeness (QED) is 0.645. The van der Waals surface area contributed by atoms with Crippen molar-refractivity contribution in [1.82, 2.24) is 3.97 Å². The van der Waals surface area contributed by atoms with Gasteiger partial charge in [0.1, 0.15) is 10.5 Å². The number of methoxy groups -OCH3 is 1. The number of benzene rings is 1. The van der Waals surface area contributed by atoms with Gasteiger partial charge >= 0.3 is 0 Å². The molecule has 0 unspecified atom stereocenters. The maximum Gasteiger partial charge on any atom is 0.267 e. The second-order valence-electron chi connectivity index (χ2n) is 6.61. The molecule has 0 N–H and O–H groups in total. The predicted molar refractivity (Wildman–Crippen MR) is 99.0 cm³/mol. The first-order chi connectivity index (χ1) is 14.1. The molecular formula is C17H18ClF2NO5S2. The van der Waals surface area contributed by atoms with Crippen LogP contribution in [0.25, 0.3) is 0 Å². The Bertz CT molecular complexity index is 1210. The Morgan fingerprint density at radius 2 is 1.89 bits per heavy atom. The molecule has 0 fully saturated rings. The van der Waals surface area contributed by atoms with Crippen molar-refractivity contribution < 1.29 is 34.5 Å². The summed E-state index contributed by atoms with van der Waals surface area (Å²) in [5.41, 5.74) is -2.13. The molecule has 3 rings (SSSR count). The Hall–Kier alpha value is -1.49. The number of hydrogen-bond donors (Lipinski definition) is 0. The van der Waals surface area contributed by atoms with Crippen LogP contribution in [0, 0.1) is 6.92 Å². The van der Waals surface area contributed by atoms with Crippen LogP contribution in [0.5, 0.6) is 0 Å². The third kappa shape index (κ3) is 3.47. The number of nitrogens with zero attached hydrogens (tertiary/aromatic N) is 1. The molecule has 2 aromatic rings. The summed E-state index contributed by atoms with van der Waals surface area (Å²) in [5, 5.41) is 0. The van der Waals surface area contributed by atoms with Gasteiger partial charge in [0.15, 0.2) is 0 Å². The van der Waals surface area contributed by atoms with Gasteiger partial charge in [0.2, 0.25) is 0 Å². The Kier molecular flexibility index (Phi) is 4.40. The first-order valence-electron chi connectivity index (χ1n) is 9.55. The summed E-state index contributed by atoms with van der Waals surface area (Å²) in [5.74, 6) is 0. The summed E-state index contributed by atoms with van der Waals surface area (Å²) in [6.07, 6.45) is -4.26. The second-order valence-corrected chi connectivity index (χ2v) is 11.0. The van der Waals surface area contributed by atoms with Gasteiger partial charge in [-0.1, -0.05) is 17.7 Å². The molecule has 1 atom stereocenters. The Morgan fingerprint density at radius 3 is 2.43 bits per heavy atom. The van der Waals surface area contributed by atoms with Crippen LogP contribution in [0.2, 0.25) is 0 Å². The third-order valence-corrected chi connectivity index (χ3v) is 7.94. The van der Waals surface area contributed by atoms with Crippen LogP contribution in [0.15, 0.2) is 40.3 Å². The summed E-state index contributed by atoms with van der Waals surface area (Å²) in [6.45, 7) is 1.73. The lowest BCUT2D eigenvalue weighted by Crippen LogP contribution is -2.45. The third-order valence-electron chi connectivity index (χ3n) is 4.85. The molecular weight excluding hydrogens is 436 g/mol. The number of hydrogen-bond acceptors (Lipinski definition) is 5. The molecule has 1 aromatic heterocycles. The fourth-order valence-electron chi connectivity index (χ4n) is 3.26. The van der Waals surface area contributed by atoms with Crippen molar-refractivity contribution >= 4 is 29.8 Å². The summed E-state index contributed by atoms with van der Waals surface area (Å²) < 4.78 is 105. The summed E-state index contributed by atoms with van der Waals surface area (Å²) >= 11 is 0. The topological polar surface area (TPSA) is 82.4 Å².